The smallest absolute Gasteiger partial charge is 0.326 e. The zero-order chi connectivity index (χ0) is 11.7. The lowest BCUT2D eigenvalue weighted by atomic mass is 10.0. The van der Waals surface area contributed by atoms with Crippen LogP contribution < -0.4 is 5.32 Å². The largest absolute Gasteiger partial charge is 0.480 e. The molecule has 0 aromatic rings. The predicted octanol–water partition coefficient (Wildman–Crippen LogP) is 1.49. The molecule has 1 amide bonds. The van der Waals surface area contributed by atoms with Gasteiger partial charge in [-0.05, 0) is 18.9 Å². The van der Waals surface area contributed by atoms with Gasteiger partial charge in [-0.15, -0.1) is 0 Å². The highest BCUT2D eigenvalue weighted by Crippen LogP contribution is 2.08. The van der Waals surface area contributed by atoms with E-state index in [4.69, 9.17) is 5.11 Å². The van der Waals surface area contributed by atoms with Gasteiger partial charge in [-0.3, -0.25) is 4.79 Å². The van der Waals surface area contributed by atoms with Crippen LogP contribution in [-0.2, 0) is 9.59 Å². The maximum Gasteiger partial charge on any atom is 0.326 e. The highest BCUT2D eigenvalue weighted by molar-refractivity contribution is 5.76. The standard InChI is InChI=1S/C11H17NO3/c1-3-5-9(6-4-2)7-10(11(14)15)12-8-13/h3,5-6,8,10H,4,7H2,1-2H3,(H,12,13)(H,14,15)/b5-3-,9-6+. The van der Waals surface area contributed by atoms with Crippen LogP contribution in [0, 0.1) is 0 Å². The van der Waals surface area contributed by atoms with Crippen molar-refractivity contribution in [1.29, 1.82) is 0 Å². The zero-order valence-corrected chi connectivity index (χ0v) is 9.06. The molecule has 15 heavy (non-hydrogen) atoms. The second-order valence-electron chi connectivity index (χ2n) is 3.07. The van der Waals surface area contributed by atoms with Crippen molar-refractivity contribution in [2.45, 2.75) is 32.7 Å². The fraction of sp³-hybridized carbons (Fsp3) is 0.455. The van der Waals surface area contributed by atoms with E-state index in [1.165, 1.54) is 0 Å². The van der Waals surface area contributed by atoms with Gasteiger partial charge in [-0.1, -0.05) is 25.2 Å². The van der Waals surface area contributed by atoms with Gasteiger partial charge >= 0.3 is 5.97 Å². The maximum absolute atomic E-state index is 10.8. The number of allylic oxidation sites excluding steroid dienone is 3. The first-order valence-corrected chi connectivity index (χ1v) is 4.89. The Labute approximate surface area is 89.7 Å². The van der Waals surface area contributed by atoms with Crippen LogP contribution >= 0.6 is 0 Å². The highest BCUT2D eigenvalue weighted by atomic mass is 16.4. The van der Waals surface area contributed by atoms with Crippen LogP contribution in [0.2, 0.25) is 0 Å². The molecule has 4 heteroatoms. The molecular weight excluding hydrogens is 194 g/mol. The number of hydrogen-bond donors (Lipinski definition) is 2. The lowest BCUT2D eigenvalue weighted by Crippen LogP contribution is -2.35. The number of carbonyl (C=O) groups excluding carboxylic acids is 1. The highest BCUT2D eigenvalue weighted by Gasteiger charge is 2.16. The number of carbonyl (C=O) groups is 2. The first-order chi connectivity index (χ1) is 7.15. The van der Waals surface area contributed by atoms with E-state index in [9.17, 15) is 9.59 Å². The van der Waals surface area contributed by atoms with E-state index in [-0.39, 0.29) is 0 Å². The number of carboxylic acids is 1. The van der Waals surface area contributed by atoms with Gasteiger partial charge in [0, 0.05) is 6.42 Å². The fourth-order valence-electron chi connectivity index (χ4n) is 1.23. The molecule has 1 atom stereocenters. The van der Waals surface area contributed by atoms with Gasteiger partial charge in [0.2, 0.25) is 6.41 Å². The van der Waals surface area contributed by atoms with Gasteiger partial charge in [-0.2, -0.15) is 0 Å². The summed E-state index contributed by atoms with van der Waals surface area (Å²) in [6.07, 6.45) is 7.22. The van der Waals surface area contributed by atoms with Crippen molar-refractivity contribution in [2.24, 2.45) is 0 Å². The van der Waals surface area contributed by atoms with Crippen molar-refractivity contribution in [3.8, 4) is 0 Å². The van der Waals surface area contributed by atoms with Gasteiger partial charge in [0.1, 0.15) is 6.04 Å². The third-order valence-corrected chi connectivity index (χ3v) is 1.85. The molecule has 0 radical (unpaired) electrons. The Hall–Kier alpha value is -1.58. The summed E-state index contributed by atoms with van der Waals surface area (Å²) in [5.41, 5.74) is 0.918. The fourth-order valence-corrected chi connectivity index (χ4v) is 1.23. The summed E-state index contributed by atoms with van der Waals surface area (Å²) < 4.78 is 0. The van der Waals surface area contributed by atoms with Crippen LogP contribution in [-0.4, -0.2) is 23.5 Å². The molecule has 0 heterocycles. The quantitative estimate of drug-likeness (QED) is 0.495. The minimum Gasteiger partial charge on any atom is -0.480 e. The lowest BCUT2D eigenvalue weighted by molar-refractivity contribution is -0.140. The van der Waals surface area contributed by atoms with Gasteiger partial charge in [-0.25, -0.2) is 4.79 Å². The van der Waals surface area contributed by atoms with Crippen molar-refractivity contribution in [2.75, 3.05) is 0 Å². The minimum atomic E-state index is -1.02. The normalized spacial score (nSPS) is 13.9. The number of hydrogen-bond acceptors (Lipinski definition) is 2. The molecule has 0 saturated heterocycles. The summed E-state index contributed by atoms with van der Waals surface area (Å²) in [6.45, 7) is 3.85. The summed E-state index contributed by atoms with van der Waals surface area (Å²) in [4.78, 5) is 21.0. The monoisotopic (exact) mass is 211 g/mol. The minimum absolute atomic E-state index is 0.312. The second kappa shape index (κ2) is 7.79. The van der Waals surface area contributed by atoms with Crippen LogP contribution in [0.5, 0.6) is 0 Å². The van der Waals surface area contributed by atoms with Gasteiger partial charge in [0.15, 0.2) is 0 Å². The van der Waals surface area contributed by atoms with E-state index in [2.05, 4.69) is 5.32 Å². The Morgan fingerprint density at radius 3 is 2.60 bits per heavy atom. The Morgan fingerprint density at radius 1 is 1.53 bits per heavy atom. The molecule has 4 nitrogen and oxygen atoms in total. The van der Waals surface area contributed by atoms with E-state index in [0.717, 1.165) is 12.0 Å². The summed E-state index contributed by atoms with van der Waals surface area (Å²) in [7, 11) is 0. The van der Waals surface area contributed by atoms with Crippen LogP contribution in [0.3, 0.4) is 0 Å². The Kier molecular flexibility index (Phi) is 6.97. The summed E-state index contributed by atoms with van der Waals surface area (Å²) >= 11 is 0. The molecule has 0 rings (SSSR count). The van der Waals surface area contributed by atoms with Crippen molar-refractivity contribution in [3.63, 3.8) is 0 Å². The van der Waals surface area contributed by atoms with E-state index in [0.29, 0.717) is 12.8 Å². The molecule has 0 aliphatic rings. The lowest BCUT2D eigenvalue weighted by Gasteiger charge is -2.11. The van der Waals surface area contributed by atoms with Crippen molar-refractivity contribution >= 4 is 12.4 Å². The summed E-state index contributed by atoms with van der Waals surface area (Å²) in [6, 6.07) is -0.850. The number of carboxylic acid groups (broad SMARTS) is 1. The first-order valence-electron chi connectivity index (χ1n) is 4.89. The molecular formula is C11H17NO3. The number of amides is 1. The van der Waals surface area contributed by atoms with E-state index >= 15 is 0 Å². The SMILES string of the molecule is C/C=C\C(=C/CC)CC(NC=O)C(=O)O. The third kappa shape index (κ3) is 5.67. The molecule has 1 unspecified atom stereocenters. The topological polar surface area (TPSA) is 66.4 Å². The predicted molar refractivity (Wildman–Crippen MR) is 58.4 cm³/mol. The van der Waals surface area contributed by atoms with Crippen LogP contribution in [0.25, 0.3) is 0 Å². The Balaban J connectivity index is 4.53. The molecule has 0 aromatic carbocycles. The van der Waals surface area contributed by atoms with Crippen LogP contribution in [0.4, 0.5) is 0 Å². The number of aliphatic carboxylic acids is 1. The maximum atomic E-state index is 10.8. The molecule has 0 aromatic heterocycles. The van der Waals surface area contributed by atoms with Crippen LogP contribution in [0.15, 0.2) is 23.8 Å². The summed E-state index contributed by atoms with van der Waals surface area (Å²) in [5.74, 6) is -1.02. The molecule has 0 saturated carbocycles. The Bertz CT molecular complexity index is 269. The van der Waals surface area contributed by atoms with E-state index in [1.54, 1.807) is 0 Å². The van der Waals surface area contributed by atoms with Crippen molar-refractivity contribution in [3.05, 3.63) is 23.8 Å². The van der Waals surface area contributed by atoms with Crippen LogP contribution in [0.1, 0.15) is 26.7 Å². The molecule has 0 aliphatic carbocycles. The first kappa shape index (κ1) is 13.4. The van der Waals surface area contributed by atoms with E-state index in [1.807, 2.05) is 32.1 Å². The molecule has 84 valence electrons. The van der Waals surface area contributed by atoms with Gasteiger partial charge < -0.3 is 10.4 Å². The average Bonchev–Trinajstić information content (AvgIpc) is 2.17. The molecule has 0 aliphatic heterocycles. The van der Waals surface area contributed by atoms with Gasteiger partial charge in [0.05, 0.1) is 0 Å². The average molecular weight is 211 g/mol. The third-order valence-electron chi connectivity index (χ3n) is 1.85. The number of rotatable bonds is 7. The van der Waals surface area contributed by atoms with E-state index < -0.39 is 12.0 Å². The van der Waals surface area contributed by atoms with Gasteiger partial charge in [0.25, 0.3) is 0 Å². The Morgan fingerprint density at radius 2 is 2.20 bits per heavy atom. The zero-order valence-electron chi connectivity index (χ0n) is 9.06. The molecule has 0 fully saturated rings. The number of nitrogens with one attached hydrogen (secondary N) is 1. The molecule has 0 bridgehead atoms. The molecule has 2 N–H and O–H groups in total. The molecule has 0 spiro atoms. The second-order valence-corrected chi connectivity index (χ2v) is 3.07. The summed E-state index contributed by atoms with van der Waals surface area (Å²) in [5, 5.41) is 11.1. The van der Waals surface area contributed by atoms with Crippen molar-refractivity contribution in [1.82, 2.24) is 5.32 Å². The van der Waals surface area contributed by atoms with Crippen molar-refractivity contribution < 1.29 is 14.7 Å².